The van der Waals surface area contributed by atoms with Crippen molar-refractivity contribution in [1.29, 1.82) is 0 Å². The number of carbonyl (C=O) groups is 3. The average molecular weight is 873 g/mol. The van der Waals surface area contributed by atoms with E-state index in [1.165, 1.54) is 0 Å². The van der Waals surface area contributed by atoms with Gasteiger partial charge in [0.15, 0.2) is 11.9 Å². The highest BCUT2D eigenvalue weighted by Gasteiger charge is 2.28. The predicted octanol–water partition coefficient (Wildman–Crippen LogP) is 9.39. The Hall–Kier alpha value is -3.74. The summed E-state index contributed by atoms with van der Waals surface area (Å²) in [4.78, 5) is 47.5. The van der Waals surface area contributed by atoms with Crippen molar-refractivity contribution in [3.63, 3.8) is 0 Å². The number of hydrogen-bond acceptors (Lipinski definition) is 11. The third-order valence-corrected chi connectivity index (χ3v) is 10.1. The van der Waals surface area contributed by atoms with E-state index < -0.39 is 64.5 Å². The molecule has 0 aromatic carbocycles. The summed E-state index contributed by atoms with van der Waals surface area (Å²) in [5, 5.41) is 28.6. The molecule has 0 bridgehead atoms. The fourth-order valence-corrected chi connectivity index (χ4v) is 6.50. The smallest absolute Gasteiger partial charge is 0.462 e. The fourth-order valence-electron chi connectivity index (χ4n) is 5.71. The van der Waals surface area contributed by atoms with Gasteiger partial charge in [-0.2, -0.15) is 0 Å². The van der Waals surface area contributed by atoms with Gasteiger partial charge in [-0.05, 0) is 82.6 Å². The molecule has 0 spiro atoms. The lowest BCUT2D eigenvalue weighted by Crippen LogP contribution is -2.29. The van der Waals surface area contributed by atoms with Crippen molar-refractivity contribution in [2.75, 3.05) is 26.4 Å². The molecule has 0 heterocycles. The van der Waals surface area contributed by atoms with E-state index in [1.807, 2.05) is 36.5 Å². The van der Waals surface area contributed by atoms with Crippen LogP contribution in [0.2, 0.25) is 0 Å². The maximum atomic E-state index is 12.7. The number of ketones is 1. The number of hydrogen-bond donors (Lipinski definition) is 4. The van der Waals surface area contributed by atoms with Crippen LogP contribution in [0.3, 0.4) is 0 Å². The third kappa shape index (κ3) is 31.7. The number of unbranched alkanes of at least 4 members (excludes halogenated alkanes) is 3. The van der Waals surface area contributed by atoms with E-state index in [-0.39, 0.29) is 30.5 Å². The number of aliphatic hydroxyl groups excluding tert-OH is 3. The lowest BCUT2D eigenvalue weighted by molar-refractivity contribution is -0.161. The van der Waals surface area contributed by atoms with E-state index in [0.29, 0.717) is 38.5 Å². The number of esters is 2. The molecule has 1 aliphatic carbocycles. The zero-order valence-electron chi connectivity index (χ0n) is 36.4. The molecule has 0 saturated heterocycles. The van der Waals surface area contributed by atoms with E-state index >= 15 is 0 Å². The first-order chi connectivity index (χ1) is 29.5. The van der Waals surface area contributed by atoms with Crippen LogP contribution in [-0.2, 0) is 37.5 Å². The topological polar surface area (TPSA) is 186 Å². The molecule has 6 atom stereocenters. The van der Waals surface area contributed by atoms with Gasteiger partial charge in [-0.25, -0.2) is 4.57 Å². The maximum absolute atomic E-state index is 12.7. The van der Waals surface area contributed by atoms with Crippen molar-refractivity contribution in [2.24, 2.45) is 11.8 Å². The second kappa shape index (κ2) is 36.9. The number of rotatable bonds is 36. The lowest BCUT2D eigenvalue weighted by Gasteiger charge is -2.20. The summed E-state index contributed by atoms with van der Waals surface area (Å²) in [5.41, 5.74) is 0. The van der Waals surface area contributed by atoms with E-state index in [9.17, 15) is 34.1 Å². The predicted molar refractivity (Wildman–Crippen MR) is 241 cm³/mol. The fraction of sp³-hybridized carbons (Fsp3) is 0.562. The van der Waals surface area contributed by atoms with Gasteiger partial charge in [-0.3, -0.25) is 23.4 Å². The number of phosphoric ester groups is 1. The van der Waals surface area contributed by atoms with E-state index in [1.54, 1.807) is 18.2 Å². The minimum atomic E-state index is -4.70. The molecule has 1 unspecified atom stereocenters. The normalized spacial score (nSPS) is 18.7. The quantitative estimate of drug-likeness (QED) is 0.0203. The summed E-state index contributed by atoms with van der Waals surface area (Å²) in [6.45, 7) is 1.82. The van der Waals surface area contributed by atoms with Crippen LogP contribution in [0, 0.1) is 11.8 Å². The molecule has 61 heavy (non-hydrogen) atoms. The summed E-state index contributed by atoms with van der Waals surface area (Å²) in [6.07, 6.45) is 44.1. The van der Waals surface area contributed by atoms with Crippen LogP contribution in [0.1, 0.15) is 117 Å². The zero-order valence-corrected chi connectivity index (χ0v) is 37.3. The Kier molecular flexibility index (Phi) is 33.4. The van der Waals surface area contributed by atoms with Gasteiger partial charge >= 0.3 is 19.8 Å². The van der Waals surface area contributed by atoms with Crippen LogP contribution < -0.4 is 0 Å². The Labute approximate surface area is 364 Å². The van der Waals surface area contributed by atoms with Crippen molar-refractivity contribution in [3.8, 4) is 0 Å². The second-order valence-corrected chi connectivity index (χ2v) is 16.1. The third-order valence-electron chi connectivity index (χ3n) is 9.17. The van der Waals surface area contributed by atoms with Gasteiger partial charge in [0.1, 0.15) is 12.7 Å². The Morgan fingerprint density at radius 3 is 1.93 bits per heavy atom. The number of carbonyl (C=O) groups excluding carboxylic acids is 3. The molecule has 0 radical (unpaired) electrons. The molecule has 1 aliphatic rings. The monoisotopic (exact) mass is 872 g/mol. The average Bonchev–Trinajstić information content (AvgIpc) is 3.60. The summed E-state index contributed by atoms with van der Waals surface area (Å²) >= 11 is 0. The van der Waals surface area contributed by atoms with Crippen LogP contribution in [0.25, 0.3) is 0 Å². The molecule has 0 saturated carbocycles. The number of ether oxygens (including phenoxy) is 2. The number of phosphoric acid groups is 1. The molecule has 0 aromatic rings. The first-order valence-corrected chi connectivity index (χ1v) is 23.4. The first kappa shape index (κ1) is 55.3. The van der Waals surface area contributed by atoms with Crippen LogP contribution in [-0.4, -0.2) is 82.7 Å². The highest BCUT2D eigenvalue weighted by molar-refractivity contribution is 7.47. The van der Waals surface area contributed by atoms with E-state index in [4.69, 9.17) is 19.1 Å². The molecule has 13 heteroatoms. The molecule has 0 aliphatic heterocycles. The molecule has 0 amide bonds. The molecule has 12 nitrogen and oxygen atoms in total. The van der Waals surface area contributed by atoms with E-state index in [0.717, 1.165) is 51.4 Å². The number of allylic oxidation sites excluding steroid dienone is 17. The molecule has 0 aromatic heterocycles. The highest BCUT2D eigenvalue weighted by Crippen LogP contribution is 2.43. The minimum Gasteiger partial charge on any atom is -0.462 e. The van der Waals surface area contributed by atoms with Gasteiger partial charge in [0.05, 0.1) is 25.9 Å². The second-order valence-electron chi connectivity index (χ2n) is 14.6. The van der Waals surface area contributed by atoms with Gasteiger partial charge < -0.3 is 29.7 Å². The zero-order chi connectivity index (χ0) is 44.8. The Morgan fingerprint density at radius 2 is 1.33 bits per heavy atom. The van der Waals surface area contributed by atoms with Crippen molar-refractivity contribution in [3.05, 3.63) is 109 Å². The molecule has 342 valence electrons. The molecular weight excluding hydrogens is 799 g/mol. The van der Waals surface area contributed by atoms with Gasteiger partial charge in [0.25, 0.3) is 0 Å². The summed E-state index contributed by atoms with van der Waals surface area (Å²) < 4.78 is 32.6. The number of aliphatic hydroxyl groups is 3. The van der Waals surface area contributed by atoms with Crippen molar-refractivity contribution in [1.82, 2.24) is 0 Å². The lowest BCUT2D eigenvalue weighted by atomic mass is 9.90. The summed E-state index contributed by atoms with van der Waals surface area (Å²) in [6, 6.07) is 0. The van der Waals surface area contributed by atoms with Crippen LogP contribution in [0.15, 0.2) is 109 Å². The Balaban J connectivity index is 2.49. The molecular formula is C48H73O12P. The van der Waals surface area contributed by atoms with Crippen LogP contribution in [0.5, 0.6) is 0 Å². The SMILES string of the molecule is CC/C=C\C/C=C\C/C=C\C/C=C\C/C=C\C/C=C\CCC(=O)OC[C@H](COP(=O)(O)OC[C@@H](O)CO)OC(=O)CCC/C=C\C[C@H]1C=CC(=O)[C@@H]1/C=C/[C@@H](O)CCCCC. The minimum absolute atomic E-state index is 0.0105. The van der Waals surface area contributed by atoms with Gasteiger partial charge in [-0.15, -0.1) is 0 Å². The van der Waals surface area contributed by atoms with Crippen LogP contribution >= 0.6 is 7.82 Å². The molecule has 1 rings (SSSR count). The largest absolute Gasteiger partial charge is 0.472 e. The van der Waals surface area contributed by atoms with Crippen molar-refractivity contribution in [2.45, 2.75) is 135 Å². The standard InChI is InChI=1S/C48H73O12P/c1-3-5-7-8-9-10-11-12-13-14-15-16-17-18-19-20-21-22-27-31-47(53)57-39-44(40-59-61(55,56)58-38-43(51)37-49)60-48(54)32-28-24-23-26-29-41-33-36-46(52)45(41)35-34-42(50)30-25-6-4-2/h5,7,9-10,12-13,15-16,18-19,21-23,26,33-36,41-45,49-51H,3-4,6,8,11,14,17,20,24-25,27-32,37-40H2,1-2H3,(H,55,56)/b7-5-,10-9-,13-12-,16-15-,19-18-,22-21-,26-23-,35-34+/t41-,42-,43-,44+,45+/m0/s1. The summed E-state index contributed by atoms with van der Waals surface area (Å²) in [5.74, 6) is -1.50. The highest BCUT2D eigenvalue weighted by atomic mass is 31.2. The first-order valence-electron chi connectivity index (χ1n) is 21.9. The maximum Gasteiger partial charge on any atom is 0.472 e. The van der Waals surface area contributed by atoms with Gasteiger partial charge in [0.2, 0.25) is 0 Å². The van der Waals surface area contributed by atoms with Crippen molar-refractivity contribution >= 4 is 25.5 Å². The van der Waals surface area contributed by atoms with Gasteiger partial charge in [-0.1, -0.05) is 136 Å². The van der Waals surface area contributed by atoms with E-state index in [2.05, 4.69) is 73.1 Å². The Bertz CT molecular complexity index is 1520. The van der Waals surface area contributed by atoms with Crippen molar-refractivity contribution < 1.29 is 57.7 Å². The van der Waals surface area contributed by atoms with Crippen LogP contribution in [0.4, 0.5) is 0 Å². The molecule has 0 fully saturated rings. The Morgan fingerprint density at radius 1 is 0.738 bits per heavy atom. The summed E-state index contributed by atoms with van der Waals surface area (Å²) in [7, 11) is -4.70. The molecule has 4 N–H and O–H groups in total. The van der Waals surface area contributed by atoms with Gasteiger partial charge in [0, 0.05) is 18.8 Å².